The van der Waals surface area contributed by atoms with Crippen molar-refractivity contribution in [2.45, 2.75) is 51.3 Å². The van der Waals surface area contributed by atoms with Gasteiger partial charge in [-0.2, -0.15) is 0 Å². The van der Waals surface area contributed by atoms with E-state index in [1.165, 1.54) is 19.3 Å². The minimum atomic E-state index is -1.00. The van der Waals surface area contributed by atoms with Crippen LogP contribution in [0.15, 0.2) is 10.5 Å². The van der Waals surface area contributed by atoms with Gasteiger partial charge in [0, 0.05) is 24.7 Å². The molecule has 1 saturated carbocycles. The van der Waals surface area contributed by atoms with Gasteiger partial charge < -0.3 is 14.3 Å². The van der Waals surface area contributed by atoms with Crippen molar-refractivity contribution < 1.29 is 19.1 Å². The number of nitrogens with zero attached hydrogens (tertiary/aromatic N) is 1. The fourth-order valence-corrected chi connectivity index (χ4v) is 3.37. The maximum atomic E-state index is 11.0. The molecular formula is C15H21NO4. The number of ether oxygens (including phenoxy) is 1. The van der Waals surface area contributed by atoms with Crippen molar-refractivity contribution in [1.82, 2.24) is 4.90 Å². The Kier molecular flexibility index (Phi) is 3.81. The van der Waals surface area contributed by atoms with E-state index in [1.54, 1.807) is 6.07 Å². The van der Waals surface area contributed by atoms with Crippen molar-refractivity contribution in [3.63, 3.8) is 0 Å². The van der Waals surface area contributed by atoms with Crippen LogP contribution in [0.1, 0.15) is 47.6 Å². The number of hydrogen-bond acceptors (Lipinski definition) is 4. The zero-order valence-corrected chi connectivity index (χ0v) is 11.8. The molecule has 2 unspecified atom stereocenters. The van der Waals surface area contributed by atoms with Crippen LogP contribution in [0.25, 0.3) is 0 Å². The van der Waals surface area contributed by atoms with E-state index in [1.807, 2.05) is 6.92 Å². The van der Waals surface area contributed by atoms with Crippen molar-refractivity contribution in [1.29, 1.82) is 0 Å². The van der Waals surface area contributed by atoms with E-state index in [-0.39, 0.29) is 5.76 Å². The lowest BCUT2D eigenvalue weighted by atomic mass is 9.90. The Morgan fingerprint density at radius 2 is 2.25 bits per heavy atom. The lowest BCUT2D eigenvalue weighted by Crippen LogP contribution is -2.52. The Bertz CT molecular complexity index is 494. The van der Waals surface area contributed by atoms with Crippen LogP contribution >= 0.6 is 0 Å². The summed E-state index contributed by atoms with van der Waals surface area (Å²) in [6.07, 6.45) is 5.18. The van der Waals surface area contributed by atoms with Gasteiger partial charge in [0.05, 0.1) is 12.7 Å². The molecule has 5 nitrogen and oxygen atoms in total. The summed E-state index contributed by atoms with van der Waals surface area (Å²) in [4.78, 5) is 13.4. The highest BCUT2D eigenvalue weighted by Crippen LogP contribution is 2.30. The third-order valence-electron chi connectivity index (χ3n) is 4.45. The summed E-state index contributed by atoms with van der Waals surface area (Å²) < 4.78 is 11.2. The lowest BCUT2D eigenvalue weighted by Gasteiger charge is -2.43. The van der Waals surface area contributed by atoms with Gasteiger partial charge in [-0.1, -0.05) is 12.8 Å². The van der Waals surface area contributed by atoms with Crippen molar-refractivity contribution in [3.8, 4) is 0 Å². The summed E-state index contributed by atoms with van der Waals surface area (Å²) in [5.41, 5.74) is 0.980. The van der Waals surface area contributed by atoms with Crippen LogP contribution < -0.4 is 0 Å². The monoisotopic (exact) mass is 279 g/mol. The van der Waals surface area contributed by atoms with Crippen molar-refractivity contribution in [3.05, 3.63) is 23.2 Å². The van der Waals surface area contributed by atoms with Crippen molar-refractivity contribution >= 4 is 5.97 Å². The first-order valence-corrected chi connectivity index (χ1v) is 7.33. The number of carboxylic acids is 1. The second-order valence-corrected chi connectivity index (χ2v) is 5.73. The third-order valence-corrected chi connectivity index (χ3v) is 4.45. The number of carbonyl (C=O) groups is 1. The third kappa shape index (κ3) is 2.60. The second kappa shape index (κ2) is 5.58. The molecule has 2 atom stereocenters. The van der Waals surface area contributed by atoms with Crippen molar-refractivity contribution in [2.24, 2.45) is 0 Å². The van der Waals surface area contributed by atoms with Gasteiger partial charge in [-0.25, -0.2) is 4.79 Å². The summed E-state index contributed by atoms with van der Waals surface area (Å²) in [7, 11) is 0. The molecule has 0 spiro atoms. The highest BCUT2D eigenvalue weighted by Gasteiger charge is 2.34. The van der Waals surface area contributed by atoms with E-state index in [0.29, 0.717) is 17.9 Å². The topological polar surface area (TPSA) is 62.9 Å². The molecule has 0 amide bonds. The van der Waals surface area contributed by atoms with Crippen LogP contribution in [0.4, 0.5) is 0 Å². The number of carboxylic acid groups (broad SMARTS) is 1. The van der Waals surface area contributed by atoms with E-state index >= 15 is 0 Å². The number of hydrogen-bond donors (Lipinski definition) is 1. The van der Waals surface area contributed by atoms with E-state index in [2.05, 4.69) is 4.90 Å². The van der Waals surface area contributed by atoms with Crippen LogP contribution in [0.2, 0.25) is 0 Å². The highest BCUT2D eigenvalue weighted by atomic mass is 16.5. The summed E-state index contributed by atoms with van der Waals surface area (Å²) >= 11 is 0. The molecule has 2 aliphatic rings. The van der Waals surface area contributed by atoms with E-state index in [9.17, 15) is 4.79 Å². The zero-order chi connectivity index (χ0) is 14.1. The molecule has 0 radical (unpaired) electrons. The van der Waals surface area contributed by atoms with Gasteiger partial charge in [-0.3, -0.25) is 4.90 Å². The summed E-state index contributed by atoms with van der Waals surface area (Å²) in [6.45, 7) is 4.27. The SMILES string of the molecule is Cc1oc(C(=O)O)cc1CN1CCOC2CCCCC21. The maximum Gasteiger partial charge on any atom is 0.371 e. The molecule has 1 N–H and O–H groups in total. The number of aryl methyl sites for hydroxylation is 1. The zero-order valence-electron chi connectivity index (χ0n) is 11.8. The Morgan fingerprint density at radius 3 is 3.00 bits per heavy atom. The second-order valence-electron chi connectivity index (χ2n) is 5.73. The fourth-order valence-electron chi connectivity index (χ4n) is 3.37. The molecule has 0 aromatic carbocycles. The molecule has 1 aliphatic carbocycles. The molecule has 110 valence electrons. The molecule has 1 aromatic rings. The first kappa shape index (κ1) is 13.6. The molecule has 5 heteroatoms. The molecular weight excluding hydrogens is 258 g/mol. The average molecular weight is 279 g/mol. The standard InChI is InChI=1S/C15H21NO4/c1-10-11(8-14(20-10)15(17)18)9-16-6-7-19-13-5-3-2-4-12(13)16/h8,12-13H,2-7,9H2,1H3,(H,17,18). The molecule has 3 rings (SSSR count). The van der Waals surface area contributed by atoms with Crippen molar-refractivity contribution in [2.75, 3.05) is 13.2 Å². The Morgan fingerprint density at radius 1 is 1.45 bits per heavy atom. The fraction of sp³-hybridized carbons (Fsp3) is 0.667. The van der Waals surface area contributed by atoms with Gasteiger partial charge in [-0.15, -0.1) is 0 Å². The molecule has 1 aromatic heterocycles. The van der Waals surface area contributed by atoms with E-state index < -0.39 is 5.97 Å². The molecule has 20 heavy (non-hydrogen) atoms. The first-order chi connectivity index (χ1) is 9.65. The predicted molar refractivity (Wildman–Crippen MR) is 72.8 cm³/mol. The van der Waals surface area contributed by atoms with Gasteiger partial charge in [0.1, 0.15) is 5.76 Å². The Balaban J connectivity index is 1.74. The number of rotatable bonds is 3. The number of fused-ring (bicyclic) bond motifs is 1. The minimum Gasteiger partial charge on any atom is -0.475 e. The molecule has 2 fully saturated rings. The minimum absolute atomic E-state index is 0.0333. The van der Waals surface area contributed by atoms with E-state index in [0.717, 1.165) is 31.7 Å². The summed E-state index contributed by atoms with van der Waals surface area (Å²) in [5.74, 6) is -0.260. The summed E-state index contributed by atoms with van der Waals surface area (Å²) in [5, 5.41) is 8.99. The van der Waals surface area contributed by atoms with Gasteiger partial charge in [-0.05, 0) is 25.8 Å². The summed E-state index contributed by atoms with van der Waals surface area (Å²) in [6, 6.07) is 2.13. The van der Waals surface area contributed by atoms with Crippen LogP contribution in [-0.2, 0) is 11.3 Å². The van der Waals surface area contributed by atoms with Gasteiger partial charge in [0.2, 0.25) is 5.76 Å². The maximum absolute atomic E-state index is 11.0. The van der Waals surface area contributed by atoms with Gasteiger partial charge >= 0.3 is 5.97 Å². The predicted octanol–water partition coefficient (Wildman–Crippen LogP) is 2.43. The smallest absolute Gasteiger partial charge is 0.371 e. The van der Waals surface area contributed by atoms with Crippen LogP contribution in [0.5, 0.6) is 0 Å². The largest absolute Gasteiger partial charge is 0.475 e. The highest BCUT2D eigenvalue weighted by molar-refractivity contribution is 5.84. The van der Waals surface area contributed by atoms with Crippen LogP contribution in [0, 0.1) is 6.92 Å². The number of aromatic carboxylic acids is 1. The molecule has 0 bridgehead atoms. The van der Waals surface area contributed by atoms with Crippen LogP contribution in [-0.4, -0.2) is 41.3 Å². The van der Waals surface area contributed by atoms with Gasteiger partial charge in [0.25, 0.3) is 0 Å². The van der Waals surface area contributed by atoms with Gasteiger partial charge in [0.15, 0.2) is 0 Å². The Hall–Kier alpha value is -1.33. The first-order valence-electron chi connectivity index (χ1n) is 7.33. The molecule has 2 heterocycles. The van der Waals surface area contributed by atoms with E-state index in [4.69, 9.17) is 14.3 Å². The van der Waals surface area contributed by atoms with Crippen LogP contribution in [0.3, 0.4) is 0 Å². The quantitative estimate of drug-likeness (QED) is 0.920. The normalized spacial score (nSPS) is 27.2. The molecule has 1 saturated heterocycles. The Labute approximate surface area is 118 Å². The molecule has 1 aliphatic heterocycles. The average Bonchev–Trinajstić information content (AvgIpc) is 2.81. The lowest BCUT2D eigenvalue weighted by molar-refractivity contribution is -0.0912. The number of furan rings is 1. The number of morpholine rings is 1.